The molecule has 0 spiro atoms. The van der Waals surface area contributed by atoms with Gasteiger partial charge in [-0.25, -0.2) is 4.79 Å². The molecule has 0 atom stereocenters. The lowest BCUT2D eigenvalue weighted by molar-refractivity contribution is 0.0734. The Morgan fingerprint density at radius 1 is 1.00 bits per heavy atom. The van der Waals surface area contributed by atoms with Crippen molar-refractivity contribution in [1.82, 2.24) is 0 Å². The summed E-state index contributed by atoms with van der Waals surface area (Å²) in [5, 5.41) is 0. The zero-order chi connectivity index (χ0) is 20.2. The third kappa shape index (κ3) is 3.89. The Kier molecular flexibility index (Phi) is 5.12. The number of hydrogen-bond acceptors (Lipinski definition) is 5. The van der Waals surface area contributed by atoms with Crippen LogP contribution in [-0.4, -0.2) is 18.4 Å². The van der Waals surface area contributed by atoms with Crippen molar-refractivity contribution in [2.24, 2.45) is 0 Å². The van der Waals surface area contributed by atoms with Crippen molar-refractivity contribution in [1.29, 1.82) is 0 Å². The van der Waals surface area contributed by atoms with Crippen LogP contribution in [0, 0.1) is 0 Å². The molecule has 0 aliphatic carbocycles. The van der Waals surface area contributed by atoms with Gasteiger partial charge in [-0.2, -0.15) is 0 Å². The Hall–Kier alpha value is -3.86. The normalized spacial score (nSPS) is 13.7. The molecule has 0 fully saturated rings. The van der Waals surface area contributed by atoms with E-state index in [1.54, 1.807) is 48.5 Å². The van der Waals surface area contributed by atoms with Gasteiger partial charge in [0.05, 0.1) is 17.7 Å². The summed E-state index contributed by atoms with van der Waals surface area (Å²) < 4.78 is 16.7. The highest BCUT2D eigenvalue weighted by molar-refractivity contribution is 6.14. The molecule has 144 valence electrons. The fourth-order valence-corrected chi connectivity index (χ4v) is 3.00. The zero-order valence-corrected chi connectivity index (χ0v) is 15.8. The number of esters is 1. The van der Waals surface area contributed by atoms with Crippen LogP contribution in [0.5, 0.6) is 17.2 Å². The Morgan fingerprint density at radius 2 is 1.76 bits per heavy atom. The summed E-state index contributed by atoms with van der Waals surface area (Å²) >= 11 is 0. The molecule has 0 amide bonds. The Bertz CT molecular complexity index is 1100. The summed E-state index contributed by atoms with van der Waals surface area (Å²) in [6.07, 6.45) is 1.66. The van der Waals surface area contributed by atoms with E-state index in [-0.39, 0.29) is 11.5 Å². The summed E-state index contributed by atoms with van der Waals surface area (Å²) in [4.78, 5) is 24.9. The average Bonchev–Trinajstić information content (AvgIpc) is 3.05. The van der Waals surface area contributed by atoms with Crippen LogP contribution in [0.1, 0.15) is 33.2 Å². The molecule has 1 aliphatic rings. The fraction of sp³-hybridized carbons (Fsp3) is 0.0833. The number of Topliss-reactive ketones (excluding diaryl/α,β-unsaturated/α-hetero) is 1. The standard InChI is InChI=1S/C24H18O5/c1-2-27-20-11-7-6-10-17(20)14-22-23(25)19-13-12-18(15-21(19)29-22)28-24(26)16-8-4-3-5-9-16/h3-15H,2H2,1H3/b22-14-. The molecule has 1 aliphatic heterocycles. The molecular weight excluding hydrogens is 368 g/mol. The number of para-hydroxylation sites is 1. The van der Waals surface area contributed by atoms with E-state index in [0.717, 1.165) is 5.56 Å². The minimum Gasteiger partial charge on any atom is -0.493 e. The number of benzene rings is 3. The molecule has 0 saturated carbocycles. The number of carbonyl (C=O) groups is 2. The Labute approximate surface area is 168 Å². The van der Waals surface area contributed by atoms with Crippen LogP contribution in [0.4, 0.5) is 0 Å². The first-order valence-corrected chi connectivity index (χ1v) is 9.23. The fourth-order valence-electron chi connectivity index (χ4n) is 3.00. The molecule has 0 aromatic heterocycles. The predicted octanol–water partition coefficient (Wildman–Crippen LogP) is 4.92. The van der Waals surface area contributed by atoms with Gasteiger partial charge in [-0.15, -0.1) is 0 Å². The van der Waals surface area contributed by atoms with Gasteiger partial charge < -0.3 is 14.2 Å². The van der Waals surface area contributed by atoms with Crippen LogP contribution < -0.4 is 14.2 Å². The highest BCUT2D eigenvalue weighted by atomic mass is 16.5. The van der Waals surface area contributed by atoms with Crippen molar-refractivity contribution in [3.05, 3.63) is 95.2 Å². The van der Waals surface area contributed by atoms with Gasteiger partial charge in [-0.1, -0.05) is 36.4 Å². The summed E-state index contributed by atoms with van der Waals surface area (Å²) in [6.45, 7) is 2.42. The molecular formula is C24H18O5. The second kappa shape index (κ2) is 8.02. The van der Waals surface area contributed by atoms with Crippen molar-refractivity contribution >= 4 is 17.8 Å². The Balaban J connectivity index is 1.57. The quantitative estimate of drug-likeness (QED) is 0.354. The maximum absolute atomic E-state index is 12.7. The number of hydrogen-bond donors (Lipinski definition) is 0. The molecule has 5 nitrogen and oxygen atoms in total. The lowest BCUT2D eigenvalue weighted by Gasteiger charge is -2.07. The third-order valence-electron chi connectivity index (χ3n) is 4.37. The SMILES string of the molecule is CCOc1ccccc1/C=C1\Oc2cc(OC(=O)c3ccccc3)ccc2C1=O. The molecule has 3 aromatic carbocycles. The number of rotatable bonds is 5. The first-order valence-electron chi connectivity index (χ1n) is 9.23. The average molecular weight is 386 g/mol. The Morgan fingerprint density at radius 3 is 2.55 bits per heavy atom. The van der Waals surface area contributed by atoms with E-state index in [1.165, 1.54) is 0 Å². The molecule has 0 radical (unpaired) electrons. The molecule has 1 heterocycles. The van der Waals surface area contributed by atoms with Crippen LogP contribution in [0.2, 0.25) is 0 Å². The number of carbonyl (C=O) groups excluding carboxylic acids is 2. The lowest BCUT2D eigenvalue weighted by atomic mass is 10.1. The monoisotopic (exact) mass is 386 g/mol. The second-order valence-corrected chi connectivity index (χ2v) is 6.32. The number of allylic oxidation sites excluding steroid dienone is 1. The number of fused-ring (bicyclic) bond motifs is 1. The molecule has 0 bridgehead atoms. The molecule has 5 heteroatoms. The van der Waals surface area contributed by atoms with Gasteiger partial charge in [-0.05, 0) is 43.3 Å². The topological polar surface area (TPSA) is 61.8 Å². The van der Waals surface area contributed by atoms with Crippen LogP contribution >= 0.6 is 0 Å². The summed E-state index contributed by atoms with van der Waals surface area (Å²) in [5.74, 6) is 0.824. The first kappa shape index (κ1) is 18.5. The molecule has 0 N–H and O–H groups in total. The third-order valence-corrected chi connectivity index (χ3v) is 4.37. The van der Waals surface area contributed by atoms with Crippen molar-refractivity contribution in [2.75, 3.05) is 6.61 Å². The first-order chi connectivity index (χ1) is 14.2. The van der Waals surface area contributed by atoms with Crippen LogP contribution in [0.15, 0.2) is 78.6 Å². The predicted molar refractivity (Wildman–Crippen MR) is 108 cm³/mol. The largest absolute Gasteiger partial charge is 0.493 e. The minimum absolute atomic E-state index is 0.193. The molecule has 3 aromatic rings. The van der Waals surface area contributed by atoms with Crippen molar-refractivity contribution < 1.29 is 23.8 Å². The van der Waals surface area contributed by atoms with Gasteiger partial charge in [0.15, 0.2) is 5.76 Å². The summed E-state index contributed by atoms with van der Waals surface area (Å²) in [5.41, 5.74) is 1.61. The van der Waals surface area contributed by atoms with Gasteiger partial charge in [0.2, 0.25) is 5.78 Å². The van der Waals surface area contributed by atoms with Gasteiger partial charge in [0, 0.05) is 11.6 Å². The number of ether oxygens (including phenoxy) is 3. The summed E-state index contributed by atoms with van der Waals surface area (Å²) in [6, 6.07) is 20.8. The maximum atomic E-state index is 12.7. The second-order valence-electron chi connectivity index (χ2n) is 6.32. The van der Waals surface area contributed by atoms with Crippen molar-refractivity contribution in [2.45, 2.75) is 6.92 Å². The lowest BCUT2D eigenvalue weighted by Crippen LogP contribution is -2.08. The van der Waals surface area contributed by atoms with Crippen molar-refractivity contribution in [3.63, 3.8) is 0 Å². The van der Waals surface area contributed by atoms with E-state index in [1.807, 2.05) is 37.3 Å². The highest BCUT2D eigenvalue weighted by Gasteiger charge is 2.28. The van der Waals surface area contributed by atoms with Gasteiger partial charge in [0.25, 0.3) is 0 Å². The van der Waals surface area contributed by atoms with E-state index in [0.29, 0.717) is 35.0 Å². The van der Waals surface area contributed by atoms with Crippen molar-refractivity contribution in [3.8, 4) is 17.2 Å². The van der Waals surface area contributed by atoms with Gasteiger partial charge in [0.1, 0.15) is 17.2 Å². The van der Waals surface area contributed by atoms with E-state index in [4.69, 9.17) is 14.2 Å². The smallest absolute Gasteiger partial charge is 0.343 e. The highest BCUT2D eigenvalue weighted by Crippen LogP contribution is 2.36. The van der Waals surface area contributed by atoms with Crippen LogP contribution in [0.25, 0.3) is 6.08 Å². The minimum atomic E-state index is -0.476. The van der Waals surface area contributed by atoms with E-state index in [2.05, 4.69) is 0 Å². The van der Waals surface area contributed by atoms with Crippen LogP contribution in [-0.2, 0) is 0 Å². The van der Waals surface area contributed by atoms with Gasteiger partial charge in [-0.3, -0.25) is 4.79 Å². The molecule has 4 rings (SSSR count). The molecule has 0 unspecified atom stereocenters. The van der Waals surface area contributed by atoms with Gasteiger partial charge >= 0.3 is 5.97 Å². The zero-order valence-electron chi connectivity index (χ0n) is 15.8. The summed E-state index contributed by atoms with van der Waals surface area (Å²) in [7, 11) is 0. The maximum Gasteiger partial charge on any atom is 0.343 e. The van der Waals surface area contributed by atoms with Crippen LogP contribution in [0.3, 0.4) is 0 Å². The molecule has 29 heavy (non-hydrogen) atoms. The van der Waals surface area contributed by atoms with E-state index in [9.17, 15) is 9.59 Å². The van der Waals surface area contributed by atoms with E-state index < -0.39 is 5.97 Å². The molecule has 0 saturated heterocycles. The van der Waals surface area contributed by atoms with E-state index >= 15 is 0 Å². The number of ketones is 1.